The molecule has 1 atom stereocenters. The van der Waals surface area contributed by atoms with Gasteiger partial charge in [-0.3, -0.25) is 4.79 Å². The van der Waals surface area contributed by atoms with Crippen molar-refractivity contribution in [2.75, 3.05) is 13.1 Å². The fourth-order valence-electron chi connectivity index (χ4n) is 1.74. The van der Waals surface area contributed by atoms with E-state index >= 15 is 0 Å². The Morgan fingerprint density at radius 2 is 2.31 bits per heavy atom. The van der Waals surface area contributed by atoms with E-state index in [1.165, 1.54) is 0 Å². The summed E-state index contributed by atoms with van der Waals surface area (Å²) < 4.78 is 6.26. The Morgan fingerprint density at radius 3 is 3.00 bits per heavy atom. The van der Waals surface area contributed by atoms with E-state index in [1.54, 1.807) is 0 Å². The summed E-state index contributed by atoms with van der Waals surface area (Å²) in [5.74, 6) is -0.0664. The zero-order valence-corrected chi connectivity index (χ0v) is 10.5. The standard InChI is InChI=1S/C12H14BrNO2/c13-11-4-2-1-3-10(11)8-16-12(15)9-5-6-14-7-9/h1-4,9,14H,5-8H2. The Kier molecular flexibility index (Phi) is 3.96. The van der Waals surface area contributed by atoms with E-state index in [4.69, 9.17) is 4.74 Å². The topological polar surface area (TPSA) is 38.3 Å². The number of nitrogens with one attached hydrogen (secondary N) is 1. The molecule has 1 aliphatic heterocycles. The Balaban J connectivity index is 1.87. The number of hydrogen-bond donors (Lipinski definition) is 1. The summed E-state index contributed by atoms with van der Waals surface area (Å²) in [6, 6.07) is 7.77. The van der Waals surface area contributed by atoms with Crippen LogP contribution in [-0.4, -0.2) is 19.1 Å². The molecule has 0 aromatic heterocycles. The van der Waals surface area contributed by atoms with Gasteiger partial charge in [-0.05, 0) is 19.0 Å². The Hall–Kier alpha value is -0.870. The maximum Gasteiger partial charge on any atom is 0.310 e. The third-order valence-corrected chi connectivity index (χ3v) is 3.50. The van der Waals surface area contributed by atoms with Crippen LogP contribution in [-0.2, 0) is 16.1 Å². The number of rotatable bonds is 3. The highest BCUT2D eigenvalue weighted by atomic mass is 79.9. The minimum absolute atomic E-state index is 0.0301. The van der Waals surface area contributed by atoms with E-state index < -0.39 is 0 Å². The molecule has 4 heteroatoms. The number of halogens is 1. The summed E-state index contributed by atoms with van der Waals surface area (Å²) in [6.07, 6.45) is 0.884. The summed E-state index contributed by atoms with van der Waals surface area (Å²) in [5, 5.41) is 3.15. The molecule has 1 aromatic carbocycles. The van der Waals surface area contributed by atoms with Crippen molar-refractivity contribution in [3.8, 4) is 0 Å². The number of benzene rings is 1. The molecule has 1 heterocycles. The molecule has 0 aliphatic carbocycles. The third kappa shape index (κ3) is 2.83. The van der Waals surface area contributed by atoms with Crippen LogP contribution in [0.5, 0.6) is 0 Å². The largest absolute Gasteiger partial charge is 0.461 e. The molecule has 0 amide bonds. The summed E-state index contributed by atoms with van der Waals surface area (Å²) in [5.41, 5.74) is 1.00. The number of carbonyl (C=O) groups is 1. The normalized spacial score (nSPS) is 19.7. The first kappa shape index (κ1) is 11.6. The van der Waals surface area contributed by atoms with Gasteiger partial charge < -0.3 is 10.1 Å². The first-order valence-electron chi connectivity index (χ1n) is 5.38. The summed E-state index contributed by atoms with van der Waals surface area (Å²) >= 11 is 3.43. The van der Waals surface area contributed by atoms with E-state index in [-0.39, 0.29) is 11.9 Å². The number of hydrogen-bond acceptors (Lipinski definition) is 3. The average molecular weight is 284 g/mol. The number of carbonyl (C=O) groups excluding carboxylic acids is 1. The van der Waals surface area contributed by atoms with Crippen LogP contribution in [0.25, 0.3) is 0 Å². The molecule has 0 spiro atoms. The van der Waals surface area contributed by atoms with E-state index in [2.05, 4.69) is 21.2 Å². The van der Waals surface area contributed by atoms with Gasteiger partial charge in [-0.2, -0.15) is 0 Å². The van der Waals surface area contributed by atoms with E-state index in [0.717, 1.165) is 29.5 Å². The van der Waals surface area contributed by atoms with Gasteiger partial charge >= 0.3 is 5.97 Å². The zero-order valence-electron chi connectivity index (χ0n) is 8.91. The van der Waals surface area contributed by atoms with Crippen molar-refractivity contribution in [2.45, 2.75) is 13.0 Å². The lowest BCUT2D eigenvalue weighted by molar-refractivity contribution is -0.149. The molecule has 0 bridgehead atoms. The molecule has 1 unspecified atom stereocenters. The molecule has 3 nitrogen and oxygen atoms in total. The van der Waals surface area contributed by atoms with Crippen molar-refractivity contribution in [2.24, 2.45) is 5.92 Å². The van der Waals surface area contributed by atoms with Gasteiger partial charge in [-0.25, -0.2) is 0 Å². The number of ether oxygens (including phenoxy) is 1. The second-order valence-electron chi connectivity index (χ2n) is 3.89. The minimum Gasteiger partial charge on any atom is -0.461 e. The van der Waals surface area contributed by atoms with Crippen LogP contribution in [0.15, 0.2) is 28.7 Å². The van der Waals surface area contributed by atoms with Crippen molar-refractivity contribution in [3.63, 3.8) is 0 Å². The van der Waals surface area contributed by atoms with Crippen LogP contribution in [0.2, 0.25) is 0 Å². The van der Waals surface area contributed by atoms with Crippen LogP contribution in [0.3, 0.4) is 0 Å². The van der Waals surface area contributed by atoms with E-state index in [0.29, 0.717) is 6.61 Å². The Labute approximate surface area is 103 Å². The quantitative estimate of drug-likeness (QED) is 0.864. The van der Waals surface area contributed by atoms with Crippen molar-refractivity contribution in [1.82, 2.24) is 5.32 Å². The highest BCUT2D eigenvalue weighted by molar-refractivity contribution is 9.10. The summed E-state index contributed by atoms with van der Waals surface area (Å²) in [6.45, 7) is 2.00. The van der Waals surface area contributed by atoms with Crippen molar-refractivity contribution < 1.29 is 9.53 Å². The molecule has 2 rings (SSSR count). The minimum atomic E-state index is -0.0965. The van der Waals surface area contributed by atoms with Gasteiger partial charge in [0.2, 0.25) is 0 Å². The molecule has 1 N–H and O–H groups in total. The SMILES string of the molecule is O=C(OCc1ccccc1Br)C1CCNC1. The number of esters is 1. The van der Waals surface area contributed by atoms with E-state index in [1.807, 2.05) is 24.3 Å². The van der Waals surface area contributed by atoms with Gasteiger partial charge in [0.15, 0.2) is 0 Å². The first-order valence-corrected chi connectivity index (χ1v) is 6.17. The van der Waals surface area contributed by atoms with Crippen LogP contribution in [0, 0.1) is 5.92 Å². The van der Waals surface area contributed by atoms with Gasteiger partial charge in [-0.1, -0.05) is 34.1 Å². The Morgan fingerprint density at radius 1 is 1.50 bits per heavy atom. The molecule has 0 radical (unpaired) electrons. The summed E-state index contributed by atoms with van der Waals surface area (Å²) in [4.78, 5) is 11.7. The molecule has 1 aliphatic rings. The average Bonchev–Trinajstić information content (AvgIpc) is 2.81. The highest BCUT2D eigenvalue weighted by Crippen LogP contribution is 2.18. The molecular weight excluding hydrogens is 270 g/mol. The molecule has 86 valence electrons. The van der Waals surface area contributed by atoms with Gasteiger partial charge in [0.05, 0.1) is 5.92 Å². The lowest BCUT2D eigenvalue weighted by atomic mass is 10.1. The van der Waals surface area contributed by atoms with Gasteiger partial charge in [0, 0.05) is 16.6 Å². The fraction of sp³-hybridized carbons (Fsp3) is 0.417. The molecular formula is C12H14BrNO2. The molecule has 16 heavy (non-hydrogen) atoms. The maximum atomic E-state index is 11.7. The van der Waals surface area contributed by atoms with Crippen LogP contribution < -0.4 is 5.32 Å². The van der Waals surface area contributed by atoms with Crippen molar-refractivity contribution in [1.29, 1.82) is 0 Å². The lowest BCUT2D eigenvalue weighted by Crippen LogP contribution is -2.20. The highest BCUT2D eigenvalue weighted by Gasteiger charge is 2.23. The van der Waals surface area contributed by atoms with Crippen LogP contribution in [0.1, 0.15) is 12.0 Å². The van der Waals surface area contributed by atoms with Gasteiger partial charge in [0.25, 0.3) is 0 Å². The first-order chi connectivity index (χ1) is 7.77. The Bertz CT molecular complexity index is 375. The second kappa shape index (κ2) is 5.46. The van der Waals surface area contributed by atoms with E-state index in [9.17, 15) is 4.79 Å². The van der Waals surface area contributed by atoms with Gasteiger partial charge in [0.1, 0.15) is 6.61 Å². The lowest BCUT2D eigenvalue weighted by Gasteiger charge is -2.09. The van der Waals surface area contributed by atoms with Crippen LogP contribution in [0.4, 0.5) is 0 Å². The zero-order chi connectivity index (χ0) is 11.4. The fourth-order valence-corrected chi connectivity index (χ4v) is 2.14. The molecule has 1 fully saturated rings. The van der Waals surface area contributed by atoms with Gasteiger partial charge in [-0.15, -0.1) is 0 Å². The van der Waals surface area contributed by atoms with Crippen molar-refractivity contribution >= 4 is 21.9 Å². The predicted molar refractivity (Wildman–Crippen MR) is 64.9 cm³/mol. The maximum absolute atomic E-state index is 11.7. The second-order valence-corrected chi connectivity index (χ2v) is 4.74. The third-order valence-electron chi connectivity index (χ3n) is 2.72. The monoisotopic (exact) mass is 283 g/mol. The molecule has 0 saturated carbocycles. The molecule has 1 saturated heterocycles. The van der Waals surface area contributed by atoms with Crippen LogP contribution >= 0.6 is 15.9 Å². The molecule has 1 aromatic rings. The summed E-state index contributed by atoms with van der Waals surface area (Å²) in [7, 11) is 0. The van der Waals surface area contributed by atoms with Crippen molar-refractivity contribution in [3.05, 3.63) is 34.3 Å². The smallest absolute Gasteiger partial charge is 0.310 e. The predicted octanol–water partition coefficient (Wildman–Crippen LogP) is 2.10.